The van der Waals surface area contributed by atoms with Crippen LogP contribution in [0.1, 0.15) is 30.1 Å². The summed E-state index contributed by atoms with van der Waals surface area (Å²) in [4.78, 5) is 11.7. The molecular weight excluding hydrogens is 261 g/mol. The Morgan fingerprint density at radius 2 is 2.24 bits per heavy atom. The van der Waals surface area contributed by atoms with Crippen LogP contribution in [0, 0.1) is 0 Å². The van der Waals surface area contributed by atoms with Gasteiger partial charge >= 0.3 is 0 Å². The molecule has 1 atom stereocenters. The number of hydrogen-bond donors (Lipinski definition) is 2. The number of benzene rings is 1. The first-order valence-electron chi connectivity index (χ1n) is 5.41. The standard InChI is InChI=1S/C12H15Cl2NO2/c1-8(13)3-2-6-15-12(17)10-7-9(14)4-5-11(10)16/h4-5,7-8,16H,2-3,6H2,1H3,(H,15,17). The molecule has 1 unspecified atom stereocenters. The second kappa shape index (κ2) is 6.72. The Labute approximate surface area is 111 Å². The minimum atomic E-state index is -0.327. The first kappa shape index (κ1) is 14.1. The van der Waals surface area contributed by atoms with Crippen molar-refractivity contribution in [1.82, 2.24) is 5.32 Å². The van der Waals surface area contributed by atoms with Gasteiger partial charge in [0.1, 0.15) is 5.75 Å². The Morgan fingerprint density at radius 1 is 1.53 bits per heavy atom. The summed E-state index contributed by atoms with van der Waals surface area (Å²) >= 11 is 11.5. The van der Waals surface area contributed by atoms with E-state index in [-0.39, 0.29) is 22.6 Å². The number of carbonyl (C=O) groups excluding carboxylic acids is 1. The molecule has 1 rings (SSSR count). The topological polar surface area (TPSA) is 49.3 Å². The third-order valence-electron chi connectivity index (χ3n) is 2.27. The molecule has 0 aliphatic heterocycles. The number of alkyl halides is 1. The molecule has 0 saturated carbocycles. The Balaban J connectivity index is 2.49. The normalized spacial score (nSPS) is 12.2. The third-order valence-corrected chi connectivity index (χ3v) is 2.72. The number of rotatable bonds is 5. The predicted molar refractivity (Wildman–Crippen MR) is 70.0 cm³/mol. The van der Waals surface area contributed by atoms with Gasteiger partial charge in [-0.1, -0.05) is 11.6 Å². The van der Waals surface area contributed by atoms with Crippen molar-refractivity contribution in [2.75, 3.05) is 6.54 Å². The lowest BCUT2D eigenvalue weighted by Gasteiger charge is -2.07. The van der Waals surface area contributed by atoms with Crippen molar-refractivity contribution in [3.8, 4) is 5.75 Å². The van der Waals surface area contributed by atoms with Crippen LogP contribution in [-0.2, 0) is 0 Å². The Hall–Kier alpha value is -0.930. The van der Waals surface area contributed by atoms with E-state index in [4.69, 9.17) is 23.2 Å². The number of carbonyl (C=O) groups is 1. The van der Waals surface area contributed by atoms with Crippen LogP contribution < -0.4 is 5.32 Å². The quantitative estimate of drug-likeness (QED) is 0.641. The fraction of sp³-hybridized carbons (Fsp3) is 0.417. The summed E-state index contributed by atoms with van der Waals surface area (Å²) in [6, 6.07) is 4.37. The van der Waals surface area contributed by atoms with Crippen molar-refractivity contribution < 1.29 is 9.90 Å². The SMILES string of the molecule is CC(Cl)CCCNC(=O)c1cc(Cl)ccc1O. The van der Waals surface area contributed by atoms with Crippen LogP contribution in [0.3, 0.4) is 0 Å². The number of aromatic hydroxyl groups is 1. The molecule has 2 N–H and O–H groups in total. The fourth-order valence-corrected chi connectivity index (χ4v) is 1.70. The lowest BCUT2D eigenvalue weighted by molar-refractivity contribution is 0.0950. The van der Waals surface area contributed by atoms with Gasteiger partial charge in [0.2, 0.25) is 0 Å². The highest BCUT2D eigenvalue weighted by Gasteiger charge is 2.10. The van der Waals surface area contributed by atoms with E-state index in [2.05, 4.69) is 5.32 Å². The van der Waals surface area contributed by atoms with Crippen molar-refractivity contribution in [3.63, 3.8) is 0 Å². The van der Waals surface area contributed by atoms with E-state index in [1.165, 1.54) is 18.2 Å². The van der Waals surface area contributed by atoms with Crippen LogP contribution in [0.15, 0.2) is 18.2 Å². The third kappa shape index (κ3) is 4.84. The van der Waals surface area contributed by atoms with Crippen molar-refractivity contribution in [2.45, 2.75) is 25.1 Å². The zero-order chi connectivity index (χ0) is 12.8. The molecule has 1 amide bonds. The highest BCUT2D eigenvalue weighted by Crippen LogP contribution is 2.21. The van der Waals surface area contributed by atoms with Crippen LogP contribution in [-0.4, -0.2) is 22.9 Å². The first-order valence-corrected chi connectivity index (χ1v) is 6.23. The van der Waals surface area contributed by atoms with Gasteiger partial charge in [-0.3, -0.25) is 4.79 Å². The summed E-state index contributed by atoms with van der Waals surface area (Å²) in [7, 11) is 0. The molecule has 0 aliphatic carbocycles. The molecule has 94 valence electrons. The molecule has 0 aliphatic rings. The molecule has 0 saturated heterocycles. The molecular formula is C12H15Cl2NO2. The van der Waals surface area contributed by atoms with Crippen molar-refractivity contribution in [2.24, 2.45) is 0 Å². The molecule has 0 fully saturated rings. The van der Waals surface area contributed by atoms with Gasteiger partial charge in [0.05, 0.1) is 5.56 Å². The number of nitrogens with one attached hydrogen (secondary N) is 1. The number of phenols is 1. The average molecular weight is 276 g/mol. The van der Waals surface area contributed by atoms with E-state index in [1.807, 2.05) is 6.92 Å². The van der Waals surface area contributed by atoms with Gasteiger partial charge in [-0.15, -0.1) is 11.6 Å². The second-order valence-corrected chi connectivity index (χ2v) is 5.02. The number of phenolic OH excluding ortho intramolecular Hbond substituents is 1. The van der Waals surface area contributed by atoms with Crippen LogP contribution >= 0.6 is 23.2 Å². The maximum atomic E-state index is 11.7. The van der Waals surface area contributed by atoms with Gasteiger partial charge < -0.3 is 10.4 Å². The maximum Gasteiger partial charge on any atom is 0.255 e. The minimum Gasteiger partial charge on any atom is -0.507 e. The summed E-state index contributed by atoms with van der Waals surface area (Å²) < 4.78 is 0. The fourth-order valence-electron chi connectivity index (χ4n) is 1.37. The van der Waals surface area contributed by atoms with Crippen molar-refractivity contribution in [3.05, 3.63) is 28.8 Å². The first-order chi connectivity index (χ1) is 8.00. The van der Waals surface area contributed by atoms with E-state index in [0.29, 0.717) is 11.6 Å². The highest BCUT2D eigenvalue weighted by atomic mass is 35.5. The minimum absolute atomic E-state index is 0.0717. The lowest BCUT2D eigenvalue weighted by atomic mass is 10.2. The van der Waals surface area contributed by atoms with E-state index >= 15 is 0 Å². The molecule has 0 heterocycles. The molecule has 0 aromatic heterocycles. The Kier molecular flexibility index (Phi) is 5.59. The molecule has 17 heavy (non-hydrogen) atoms. The number of amides is 1. The van der Waals surface area contributed by atoms with Crippen LogP contribution in [0.4, 0.5) is 0 Å². The Morgan fingerprint density at radius 3 is 2.88 bits per heavy atom. The monoisotopic (exact) mass is 275 g/mol. The molecule has 1 aromatic rings. The second-order valence-electron chi connectivity index (χ2n) is 3.84. The van der Waals surface area contributed by atoms with E-state index in [9.17, 15) is 9.90 Å². The summed E-state index contributed by atoms with van der Waals surface area (Å²) in [5.41, 5.74) is 0.191. The molecule has 0 radical (unpaired) electrons. The average Bonchev–Trinajstić information content (AvgIpc) is 2.27. The molecule has 0 bridgehead atoms. The maximum absolute atomic E-state index is 11.7. The van der Waals surface area contributed by atoms with Crippen LogP contribution in [0.5, 0.6) is 5.75 Å². The van der Waals surface area contributed by atoms with Gasteiger partial charge in [0, 0.05) is 16.9 Å². The van der Waals surface area contributed by atoms with Crippen molar-refractivity contribution >= 4 is 29.1 Å². The van der Waals surface area contributed by atoms with E-state index in [1.54, 1.807) is 0 Å². The summed E-state index contributed by atoms with van der Waals surface area (Å²) in [6.07, 6.45) is 1.64. The summed E-state index contributed by atoms with van der Waals surface area (Å²) in [5.74, 6) is -0.398. The predicted octanol–water partition coefficient (Wildman–Crippen LogP) is 3.18. The molecule has 0 spiro atoms. The van der Waals surface area contributed by atoms with Gasteiger partial charge in [0.15, 0.2) is 0 Å². The smallest absolute Gasteiger partial charge is 0.255 e. The van der Waals surface area contributed by atoms with E-state index in [0.717, 1.165) is 12.8 Å². The van der Waals surface area contributed by atoms with Gasteiger partial charge in [-0.05, 0) is 38.0 Å². The molecule has 3 nitrogen and oxygen atoms in total. The summed E-state index contributed by atoms with van der Waals surface area (Å²) in [5, 5.41) is 12.7. The molecule has 5 heteroatoms. The highest BCUT2D eigenvalue weighted by molar-refractivity contribution is 6.31. The lowest BCUT2D eigenvalue weighted by Crippen LogP contribution is -2.24. The van der Waals surface area contributed by atoms with Gasteiger partial charge in [-0.25, -0.2) is 0 Å². The molecule has 1 aromatic carbocycles. The number of halogens is 2. The van der Waals surface area contributed by atoms with E-state index < -0.39 is 0 Å². The zero-order valence-corrected chi connectivity index (χ0v) is 11.1. The van der Waals surface area contributed by atoms with Gasteiger partial charge in [-0.2, -0.15) is 0 Å². The van der Waals surface area contributed by atoms with Crippen LogP contribution in [0.25, 0.3) is 0 Å². The van der Waals surface area contributed by atoms with Gasteiger partial charge in [0.25, 0.3) is 5.91 Å². The largest absolute Gasteiger partial charge is 0.507 e. The zero-order valence-electron chi connectivity index (χ0n) is 9.54. The number of hydrogen-bond acceptors (Lipinski definition) is 2. The summed E-state index contributed by atoms with van der Waals surface area (Å²) in [6.45, 7) is 2.44. The van der Waals surface area contributed by atoms with Crippen molar-refractivity contribution in [1.29, 1.82) is 0 Å². The Bertz CT molecular complexity index is 394. The van der Waals surface area contributed by atoms with Crippen LogP contribution in [0.2, 0.25) is 5.02 Å².